The molecule has 1 aromatic rings. The highest BCUT2D eigenvalue weighted by Gasteiger charge is 2.23. The molecule has 0 aliphatic carbocycles. The number of halogens is 1. The van der Waals surface area contributed by atoms with Crippen LogP contribution in [0, 0.1) is 5.82 Å². The third-order valence-corrected chi connectivity index (χ3v) is 4.00. The van der Waals surface area contributed by atoms with Gasteiger partial charge in [-0.25, -0.2) is 9.37 Å². The fraction of sp³-hybridized carbons (Fsp3) is 0.545. The average Bonchev–Trinajstić information content (AvgIpc) is 2.31. The standard InChI is InChI=1S/C11H16FN3S/c1-8-7-16-5-4-15(8)11-10(12)9(6-13)2-3-14-11/h2-3,8H,4-7,13H2,1H3. The van der Waals surface area contributed by atoms with Gasteiger partial charge in [0.25, 0.3) is 0 Å². The highest BCUT2D eigenvalue weighted by molar-refractivity contribution is 7.99. The summed E-state index contributed by atoms with van der Waals surface area (Å²) < 4.78 is 14.0. The molecule has 1 atom stereocenters. The Hall–Kier alpha value is -0.810. The lowest BCUT2D eigenvalue weighted by molar-refractivity contribution is 0.581. The predicted octanol–water partition coefficient (Wildman–Crippen LogP) is 1.62. The van der Waals surface area contributed by atoms with Gasteiger partial charge in [-0.05, 0) is 13.0 Å². The van der Waals surface area contributed by atoms with E-state index in [-0.39, 0.29) is 12.4 Å². The Morgan fingerprint density at radius 1 is 1.69 bits per heavy atom. The van der Waals surface area contributed by atoms with E-state index in [1.807, 2.05) is 16.7 Å². The lowest BCUT2D eigenvalue weighted by atomic mass is 10.2. The van der Waals surface area contributed by atoms with Gasteiger partial charge in [-0.3, -0.25) is 0 Å². The molecule has 0 saturated carbocycles. The second-order valence-electron chi connectivity index (χ2n) is 3.93. The molecule has 0 bridgehead atoms. The molecule has 2 heterocycles. The zero-order valence-electron chi connectivity index (χ0n) is 9.32. The van der Waals surface area contributed by atoms with Gasteiger partial charge in [0.1, 0.15) is 0 Å². The van der Waals surface area contributed by atoms with Crippen molar-refractivity contribution < 1.29 is 4.39 Å². The Bertz CT molecular complexity index is 372. The van der Waals surface area contributed by atoms with Crippen molar-refractivity contribution in [2.75, 3.05) is 23.0 Å². The van der Waals surface area contributed by atoms with Gasteiger partial charge < -0.3 is 10.6 Å². The molecule has 1 aromatic heterocycles. The minimum absolute atomic E-state index is 0.221. The van der Waals surface area contributed by atoms with E-state index in [1.54, 1.807) is 12.3 Å². The summed E-state index contributed by atoms with van der Waals surface area (Å²) in [5.74, 6) is 2.24. The van der Waals surface area contributed by atoms with Crippen LogP contribution in [-0.2, 0) is 6.54 Å². The summed E-state index contributed by atoms with van der Waals surface area (Å²) in [6.07, 6.45) is 1.63. The molecule has 2 rings (SSSR count). The maximum absolute atomic E-state index is 14.0. The Kier molecular flexibility index (Phi) is 3.66. The van der Waals surface area contributed by atoms with E-state index in [2.05, 4.69) is 11.9 Å². The summed E-state index contributed by atoms with van der Waals surface area (Å²) in [7, 11) is 0. The minimum atomic E-state index is -0.260. The van der Waals surface area contributed by atoms with Crippen molar-refractivity contribution in [3.8, 4) is 0 Å². The molecule has 1 fully saturated rings. The molecule has 88 valence electrons. The smallest absolute Gasteiger partial charge is 0.170 e. The molecule has 0 aromatic carbocycles. The van der Waals surface area contributed by atoms with Crippen LogP contribution in [0.1, 0.15) is 12.5 Å². The highest BCUT2D eigenvalue weighted by Crippen LogP contribution is 2.25. The van der Waals surface area contributed by atoms with Crippen molar-refractivity contribution in [1.29, 1.82) is 0 Å². The first kappa shape index (κ1) is 11.7. The summed E-state index contributed by atoms with van der Waals surface area (Å²) in [6, 6.07) is 1.97. The van der Waals surface area contributed by atoms with Crippen LogP contribution in [0.5, 0.6) is 0 Å². The van der Waals surface area contributed by atoms with E-state index in [1.165, 1.54) is 0 Å². The molecule has 0 spiro atoms. The number of rotatable bonds is 2. The number of nitrogens with zero attached hydrogens (tertiary/aromatic N) is 2. The first-order chi connectivity index (χ1) is 7.74. The minimum Gasteiger partial charge on any atom is -0.350 e. The second-order valence-corrected chi connectivity index (χ2v) is 5.08. The molecule has 5 heteroatoms. The van der Waals surface area contributed by atoms with Crippen LogP contribution >= 0.6 is 11.8 Å². The lowest BCUT2D eigenvalue weighted by Gasteiger charge is -2.34. The number of anilines is 1. The van der Waals surface area contributed by atoms with E-state index in [9.17, 15) is 4.39 Å². The fourth-order valence-corrected chi connectivity index (χ4v) is 2.88. The third kappa shape index (κ3) is 2.15. The normalized spacial score (nSPS) is 21.2. The summed E-state index contributed by atoms with van der Waals surface area (Å²) in [5.41, 5.74) is 6.03. The molecule has 16 heavy (non-hydrogen) atoms. The fourth-order valence-electron chi connectivity index (χ4n) is 1.87. The molecule has 3 nitrogen and oxygen atoms in total. The Balaban J connectivity index is 2.31. The van der Waals surface area contributed by atoms with E-state index < -0.39 is 0 Å². The number of thioether (sulfide) groups is 1. The largest absolute Gasteiger partial charge is 0.350 e. The van der Waals surface area contributed by atoms with E-state index in [0.29, 0.717) is 17.4 Å². The molecule has 1 saturated heterocycles. The van der Waals surface area contributed by atoms with Crippen molar-refractivity contribution in [2.24, 2.45) is 5.73 Å². The first-order valence-electron chi connectivity index (χ1n) is 5.42. The zero-order chi connectivity index (χ0) is 11.5. The van der Waals surface area contributed by atoms with Crippen molar-refractivity contribution in [3.05, 3.63) is 23.6 Å². The molecule has 1 aliphatic heterocycles. The molecule has 0 radical (unpaired) electrons. The van der Waals surface area contributed by atoms with Crippen LogP contribution < -0.4 is 10.6 Å². The summed E-state index contributed by atoms with van der Waals surface area (Å²) in [4.78, 5) is 6.18. The molecular weight excluding hydrogens is 225 g/mol. The van der Waals surface area contributed by atoms with Gasteiger partial charge in [-0.15, -0.1) is 0 Å². The van der Waals surface area contributed by atoms with Gasteiger partial charge in [0.15, 0.2) is 11.6 Å². The molecule has 1 aliphatic rings. The Morgan fingerprint density at radius 3 is 3.19 bits per heavy atom. The van der Waals surface area contributed by atoms with Crippen LogP contribution in [0.15, 0.2) is 12.3 Å². The van der Waals surface area contributed by atoms with Crippen LogP contribution in [0.3, 0.4) is 0 Å². The summed E-state index contributed by atoms with van der Waals surface area (Å²) in [5, 5.41) is 0. The third-order valence-electron chi connectivity index (χ3n) is 2.81. The topological polar surface area (TPSA) is 42.2 Å². The van der Waals surface area contributed by atoms with E-state index in [4.69, 9.17) is 5.73 Å². The van der Waals surface area contributed by atoms with Crippen LogP contribution in [0.25, 0.3) is 0 Å². The highest BCUT2D eigenvalue weighted by atomic mass is 32.2. The maximum atomic E-state index is 14.0. The van der Waals surface area contributed by atoms with Gasteiger partial charge in [0, 0.05) is 42.4 Å². The second kappa shape index (κ2) is 5.01. The Morgan fingerprint density at radius 2 is 2.50 bits per heavy atom. The number of hydrogen-bond donors (Lipinski definition) is 1. The number of pyridine rings is 1. The van der Waals surface area contributed by atoms with E-state index >= 15 is 0 Å². The molecule has 2 N–H and O–H groups in total. The van der Waals surface area contributed by atoms with Crippen LogP contribution in [-0.4, -0.2) is 29.1 Å². The summed E-state index contributed by atoms with van der Waals surface area (Å²) >= 11 is 1.90. The zero-order valence-corrected chi connectivity index (χ0v) is 10.1. The van der Waals surface area contributed by atoms with E-state index in [0.717, 1.165) is 18.1 Å². The monoisotopic (exact) mass is 241 g/mol. The number of nitrogens with two attached hydrogens (primary N) is 1. The van der Waals surface area contributed by atoms with Crippen molar-refractivity contribution in [3.63, 3.8) is 0 Å². The quantitative estimate of drug-likeness (QED) is 0.854. The van der Waals surface area contributed by atoms with Gasteiger partial charge in [-0.2, -0.15) is 11.8 Å². The SMILES string of the molecule is CC1CSCCN1c1nccc(CN)c1F. The van der Waals surface area contributed by atoms with Crippen molar-refractivity contribution in [1.82, 2.24) is 4.98 Å². The van der Waals surface area contributed by atoms with Gasteiger partial charge in [-0.1, -0.05) is 0 Å². The van der Waals surface area contributed by atoms with Gasteiger partial charge in [0.05, 0.1) is 0 Å². The van der Waals surface area contributed by atoms with Gasteiger partial charge >= 0.3 is 0 Å². The van der Waals surface area contributed by atoms with Crippen LogP contribution in [0.2, 0.25) is 0 Å². The van der Waals surface area contributed by atoms with Gasteiger partial charge in [0.2, 0.25) is 0 Å². The molecule has 0 amide bonds. The Labute approximate surface area is 99.2 Å². The average molecular weight is 241 g/mol. The van der Waals surface area contributed by atoms with Crippen molar-refractivity contribution >= 4 is 17.6 Å². The van der Waals surface area contributed by atoms with Crippen molar-refractivity contribution in [2.45, 2.75) is 19.5 Å². The molecule has 1 unspecified atom stereocenters. The number of aromatic nitrogens is 1. The first-order valence-corrected chi connectivity index (χ1v) is 6.57. The van der Waals surface area contributed by atoms with Crippen LogP contribution in [0.4, 0.5) is 10.2 Å². The summed E-state index contributed by atoms with van der Waals surface area (Å²) in [6.45, 7) is 3.17. The maximum Gasteiger partial charge on any atom is 0.170 e. The number of hydrogen-bond acceptors (Lipinski definition) is 4. The molecular formula is C11H16FN3S. The predicted molar refractivity (Wildman–Crippen MR) is 66.2 cm³/mol. The lowest BCUT2D eigenvalue weighted by Crippen LogP contribution is -2.41.